The average molecular weight is 336 g/mol. The van der Waals surface area contributed by atoms with Gasteiger partial charge in [-0.05, 0) is 63.4 Å². The van der Waals surface area contributed by atoms with Gasteiger partial charge in [0.1, 0.15) is 0 Å². The number of piperidine rings is 1. The smallest absolute Gasteiger partial charge is 0.251 e. The summed E-state index contributed by atoms with van der Waals surface area (Å²) in [6.07, 6.45) is 2.18. The molecular formula is C22H28N2O. The summed E-state index contributed by atoms with van der Waals surface area (Å²) in [6, 6.07) is 18.3. The quantitative estimate of drug-likeness (QED) is 0.904. The van der Waals surface area contributed by atoms with E-state index < -0.39 is 0 Å². The Hall–Kier alpha value is -2.13. The van der Waals surface area contributed by atoms with Gasteiger partial charge in [-0.2, -0.15) is 0 Å². The molecule has 0 aliphatic carbocycles. The third-order valence-electron chi connectivity index (χ3n) is 4.94. The number of amides is 1. The Morgan fingerprint density at radius 2 is 1.76 bits per heavy atom. The number of nitrogens with zero attached hydrogens (tertiary/aromatic N) is 1. The molecule has 25 heavy (non-hydrogen) atoms. The topological polar surface area (TPSA) is 32.3 Å². The van der Waals surface area contributed by atoms with E-state index in [4.69, 9.17) is 0 Å². The van der Waals surface area contributed by atoms with Gasteiger partial charge in [-0.1, -0.05) is 42.5 Å². The zero-order valence-electron chi connectivity index (χ0n) is 15.5. The number of carbonyl (C=O) groups is 1. The number of carbonyl (C=O) groups excluding carboxylic acids is 1. The normalized spacial score (nSPS) is 18.8. The Balaban J connectivity index is 1.69. The van der Waals surface area contributed by atoms with Crippen molar-refractivity contribution in [3.63, 3.8) is 0 Å². The fourth-order valence-electron chi connectivity index (χ4n) is 3.44. The predicted octanol–water partition coefficient (Wildman–Crippen LogP) is 4.35. The van der Waals surface area contributed by atoms with E-state index in [1.165, 1.54) is 0 Å². The van der Waals surface area contributed by atoms with Gasteiger partial charge >= 0.3 is 0 Å². The lowest BCUT2D eigenvalue weighted by Gasteiger charge is -2.41. The van der Waals surface area contributed by atoms with E-state index >= 15 is 0 Å². The number of likely N-dealkylation sites (tertiary alicyclic amines) is 1. The molecule has 0 spiro atoms. The second-order valence-corrected chi connectivity index (χ2v) is 7.88. The molecule has 0 aromatic heterocycles. The van der Waals surface area contributed by atoms with Gasteiger partial charge in [0, 0.05) is 23.7 Å². The van der Waals surface area contributed by atoms with Crippen LogP contribution in [0.5, 0.6) is 0 Å². The van der Waals surface area contributed by atoms with Crippen molar-refractivity contribution in [2.75, 3.05) is 13.1 Å². The summed E-state index contributed by atoms with van der Waals surface area (Å²) in [5, 5.41) is 3.24. The largest absolute Gasteiger partial charge is 0.348 e. The molecule has 3 heteroatoms. The van der Waals surface area contributed by atoms with E-state index in [2.05, 4.69) is 43.1 Å². The minimum Gasteiger partial charge on any atom is -0.348 e. The number of hydrogen-bond acceptors (Lipinski definition) is 2. The Morgan fingerprint density at radius 3 is 2.48 bits per heavy atom. The van der Waals surface area contributed by atoms with Crippen LogP contribution in [0.15, 0.2) is 54.6 Å². The molecule has 1 atom stereocenters. The van der Waals surface area contributed by atoms with E-state index in [9.17, 15) is 4.79 Å². The van der Waals surface area contributed by atoms with Crippen LogP contribution in [0.25, 0.3) is 11.1 Å². The number of hydrogen-bond donors (Lipinski definition) is 1. The number of rotatable bonds is 3. The summed E-state index contributed by atoms with van der Waals surface area (Å²) < 4.78 is 0. The molecule has 1 N–H and O–H groups in total. The van der Waals surface area contributed by atoms with E-state index in [1.54, 1.807) is 0 Å². The molecule has 132 valence electrons. The van der Waals surface area contributed by atoms with Crippen molar-refractivity contribution in [2.24, 2.45) is 0 Å². The maximum atomic E-state index is 12.7. The van der Waals surface area contributed by atoms with Crippen LogP contribution in [0, 0.1) is 0 Å². The van der Waals surface area contributed by atoms with Gasteiger partial charge in [-0.3, -0.25) is 9.69 Å². The van der Waals surface area contributed by atoms with Gasteiger partial charge in [-0.25, -0.2) is 0 Å². The van der Waals surface area contributed by atoms with E-state index in [1.807, 2.05) is 42.5 Å². The molecule has 2 aromatic carbocycles. The zero-order chi connectivity index (χ0) is 17.9. The minimum atomic E-state index is 0.0264. The predicted molar refractivity (Wildman–Crippen MR) is 104 cm³/mol. The van der Waals surface area contributed by atoms with Crippen LogP contribution in [0.3, 0.4) is 0 Å². The first-order valence-electron chi connectivity index (χ1n) is 9.15. The van der Waals surface area contributed by atoms with Gasteiger partial charge in [0.05, 0.1) is 0 Å². The highest BCUT2D eigenvalue weighted by molar-refractivity contribution is 5.95. The van der Waals surface area contributed by atoms with Gasteiger partial charge in [0.15, 0.2) is 0 Å². The van der Waals surface area contributed by atoms with Crippen LogP contribution in [-0.2, 0) is 0 Å². The van der Waals surface area contributed by atoms with Crippen molar-refractivity contribution >= 4 is 5.91 Å². The van der Waals surface area contributed by atoms with Crippen molar-refractivity contribution in [3.05, 3.63) is 60.2 Å². The first-order valence-corrected chi connectivity index (χ1v) is 9.15. The molecule has 0 radical (unpaired) electrons. The first-order chi connectivity index (χ1) is 11.9. The monoisotopic (exact) mass is 336 g/mol. The van der Waals surface area contributed by atoms with E-state index in [0.29, 0.717) is 0 Å². The Labute approximate surface area is 151 Å². The molecule has 1 aliphatic rings. The first kappa shape index (κ1) is 17.7. The molecule has 1 heterocycles. The van der Waals surface area contributed by atoms with Crippen LogP contribution >= 0.6 is 0 Å². The standard InChI is InChI=1S/C22H28N2O/c1-22(2,3)24-14-8-13-20(16-24)23-21(25)19-12-7-11-18(15-19)17-9-5-4-6-10-17/h4-7,9-12,15,20H,8,13-14,16H2,1-3H3,(H,23,25). The molecule has 1 saturated heterocycles. The molecular weight excluding hydrogens is 308 g/mol. The molecule has 3 rings (SSSR count). The van der Waals surface area contributed by atoms with Gasteiger partial charge in [-0.15, -0.1) is 0 Å². The van der Waals surface area contributed by atoms with Crippen molar-refractivity contribution in [2.45, 2.75) is 45.2 Å². The molecule has 0 saturated carbocycles. The number of nitrogens with one attached hydrogen (secondary N) is 1. The molecule has 0 bridgehead atoms. The fraction of sp³-hybridized carbons (Fsp3) is 0.409. The van der Waals surface area contributed by atoms with Crippen molar-refractivity contribution < 1.29 is 4.79 Å². The lowest BCUT2D eigenvalue weighted by atomic mass is 9.97. The minimum absolute atomic E-state index is 0.0264. The third-order valence-corrected chi connectivity index (χ3v) is 4.94. The van der Waals surface area contributed by atoms with Crippen molar-refractivity contribution in [3.8, 4) is 11.1 Å². The average Bonchev–Trinajstić information content (AvgIpc) is 2.62. The maximum Gasteiger partial charge on any atom is 0.251 e. The van der Waals surface area contributed by atoms with Crippen LogP contribution in [0.1, 0.15) is 44.0 Å². The summed E-state index contributed by atoms with van der Waals surface area (Å²) >= 11 is 0. The summed E-state index contributed by atoms with van der Waals surface area (Å²) in [5.41, 5.74) is 3.09. The van der Waals surface area contributed by atoms with Crippen LogP contribution in [0.4, 0.5) is 0 Å². The summed E-state index contributed by atoms with van der Waals surface area (Å²) in [5.74, 6) is 0.0264. The van der Waals surface area contributed by atoms with Gasteiger partial charge in [0.2, 0.25) is 0 Å². The highest BCUT2D eigenvalue weighted by Gasteiger charge is 2.28. The second-order valence-electron chi connectivity index (χ2n) is 7.88. The molecule has 2 aromatic rings. The fourth-order valence-corrected chi connectivity index (χ4v) is 3.44. The van der Waals surface area contributed by atoms with Crippen molar-refractivity contribution in [1.29, 1.82) is 0 Å². The lowest BCUT2D eigenvalue weighted by molar-refractivity contribution is 0.0763. The van der Waals surface area contributed by atoms with Gasteiger partial charge in [0.25, 0.3) is 5.91 Å². The maximum absolute atomic E-state index is 12.7. The lowest BCUT2D eigenvalue weighted by Crippen LogP contribution is -2.53. The molecule has 1 aliphatic heterocycles. The highest BCUT2D eigenvalue weighted by atomic mass is 16.1. The summed E-state index contributed by atoms with van der Waals surface area (Å²) in [7, 11) is 0. The molecule has 1 amide bonds. The van der Waals surface area contributed by atoms with Crippen LogP contribution in [0.2, 0.25) is 0 Å². The summed E-state index contributed by atoms with van der Waals surface area (Å²) in [6.45, 7) is 8.74. The molecule has 1 fully saturated rings. The Morgan fingerprint density at radius 1 is 1.04 bits per heavy atom. The zero-order valence-corrected chi connectivity index (χ0v) is 15.5. The molecule has 3 nitrogen and oxygen atoms in total. The van der Waals surface area contributed by atoms with E-state index in [-0.39, 0.29) is 17.5 Å². The molecule has 1 unspecified atom stereocenters. The number of benzene rings is 2. The highest BCUT2D eigenvalue weighted by Crippen LogP contribution is 2.22. The van der Waals surface area contributed by atoms with Crippen LogP contribution in [-0.4, -0.2) is 35.5 Å². The SMILES string of the molecule is CC(C)(C)N1CCCC(NC(=O)c2cccc(-c3ccccc3)c2)C1. The summed E-state index contributed by atoms with van der Waals surface area (Å²) in [4.78, 5) is 15.2. The van der Waals surface area contributed by atoms with Gasteiger partial charge < -0.3 is 5.32 Å². The Kier molecular flexibility index (Phi) is 5.24. The van der Waals surface area contributed by atoms with E-state index in [0.717, 1.165) is 42.6 Å². The third kappa shape index (κ3) is 4.49. The Bertz CT molecular complexity index is 718. The van der Waals surface area contributed by atoms with Crippen LogP contribution < -0.4 is 5.32 Å². The van der Waals surface area contributed by atoms with Crippen molar-refractivity contribution in [1.82, 2.24) is 10.2 Å². The second kappa shape index (κ2) is 7.40.